The number of ether oxygens (including phenoxy) is 8. The molecular weight excluding hydrogens is 636 g/mol. The fourth-order valence-corrected chi connectivity index (χ4v) is 5.10. The molecule has 4 rings (SSSR count). The third kappa shape index (κ3) is 13.7. The number of rotatable bonds is 26. The van der Waals surface area contributed by atoms with Gasteiger partial charge in [-0.05, 0) is 40.8 Å². The SMILES string of the molecule is O=C(NCCCOCCOCCOCCOCCOCCOCCOc1ccc([N+](=O)[O-])cc1)OCC1c2ccccc2-c2ccccc21. The number of benzene rings is 3. The van der Waals surface area contributed by atoms with Crippen LogP contribution in [-0.4, -0.2) is 110 Å². The van der Waals surface area contributed by atoms with Crippen molar-refractivity contribution in [2.45, 2.75) is 12.3 Å². The monoisotopic (exact) mass is 682 g/mol. The molecule has 1 aliphatic carbocycles. The minimum atomic E-state index is -0.453. The summed E-state index contributed by atoms with van der Waals surface area (Å²) in [7, 11) is 0. The molecule has 3 aromatic carbocycles. The number of nitrogens with zero attached hydrogens (tertiary/aromatic N) is 1. The molecule has 0 atom stereocenters. The second-order valence-electron chi connectivity index (χ2n) is 10.9. The van der Waals surface area contributed by atoms with E-state index in [1.165, 1.54) is 34.4 Å². The summed E-state index contributed by atoms with van der Waals surface area (Å²) in [6.07, 6.45) is 0.253. The van der Waals surface area contributed by atoms with Crippen LogP contribution in [0.5, 0.6) is 5.75 Å². The van der Waals surface area contributed by atoms with E-state index < -0.39 is 11.0 Å². The first-order valence-corrected chi connectivity index (χ1v) is 16.6. The molecule has 3 aromatic rings. The lowest BCUT2D eigenvalue weighted by Crippen LogP contribution is -2.27. The maximum atomic E-state index is 12.2. The van der Waals surface area contributed by atoms with Crippen molar-refractivity contribution in [2.24, 2.45) is 0 Å². The van der Waals surface area contributed by atoms with E-state index >= 15 is 0 Å². The highest BCUT2D eigenvalue weighted by atomic mass is 16.6. The Hall–Kier alpha value is -4.11. The van der Waals surface area contributed by atoms with Gasteiger partial charge in [0.15, 0.2) is 0 Å². The average Bonchev–Trinajstić information content (AvgIpc) is 3.44. The van der Waals surface area contributed by atoms with Crippen LogP contribution in [0.1, 0.15) is 23.5 Å². The highest BCUT2D eigenvalue weighted by Crippen LogP contribution is 2.44. The quantitative estimate of drug-likeness (QED) is 0.0693. The topological polar surface area (TPSA) is 146 Å². The minimum Gasteiger partial charge on any atom is -0.491 e. The first-order chi connectivity index (χ1) is 24.1. The van der Waals surface area contributed by atoms with Gasteiger partial charge < -0.3 is 43.2 Å². The van der Waals surface area contributed by atoms with Gasteiger partial charge in [-0.3, -0.25) is 10.1 Å². The summed E-state index contributed by atoms with van der Waals surface area (Å²) >= 11 is 0. The average molecular weight is 683 g/mol. The van der Waals surface area contributed by atoms with Gasteiger partial charge >= 0.3 is 6.09 Å². The van der Waals surface area contributed by atoms with Crippen LogP contribution in [0.4, 0.5) is 10.5 Å². The normalized spacial score (nSPS) is 12.0. The number of alkyl carbamates (subject to hydrolysis) is 1. The highest BCUT2D eigenvalue weighted by molar-refractivity contribution is 5.79. The number of carbonyl (C=O) groups is 1. The zero-order chi connectivity index (χ0) is 34.4. The van der Waals surface area contributed by atoms with E-state index in [2.05, 4.69) is 29.6 Å². The third-order valence-electron chi connectivity index (χ3n) is 7.48. The molecule has 1 aliphatic rings. The predicted molar refractivity (Wildman–Crippen MR) is 181 cm³/mol. The Morgan fingerprint density at radius 3 is 1.55 bits per heavy atom. The number of hydrogen-bond donors (Lipinski definition) is 1. The Kier molecular flexibility index (Phi) is 17.3. The number of nitrogens with one attached hydrogen (secondary N) is 1. The molecule has 0 fully saturated rings. The zero-order valence-corrected chi connectivity index (χ0v) is 27.8. The van der Waals surface area contributed by atoms with Crippen molar-refractivity contribution >= 4 is 11.8 Å². The van der Waals surface area contributed by atoms with E-state index in [0.717, 1.165) is 0 Å². The summed E-state index contributed by atoms with van der Waals surface area (Å²) in [5.41, 5.74) is 4.81. The highest BCUT2D eigenvalue weighted by Gasteiger charge is 2.28. The van der Waals surface area contributed by atoms with Gasteiger partial charge in [-0.1, -0.05) is 48.5 Å². The Labute approximate surface area is 286 Å². The molecule has 13 nitrogen and oxygen atoms in total. The van der Waals surface area contributed by atoms with Crippen molar-refractivity contribution in [3.05, 3.63) is 94.0 Å². The van der Waals surface area contributed by atoms with Crippen molar-refractivity contribution in [3.8, 4) is 16.9 Å². The first-order valence-electron chi connectivity index (χ1n) is 16.6. The number of nitro groups is 1. The van der Waals surface area contributed by atoms with Gasteiger partial charge in [0.1, 0.15) is 19.0 Å². The number of amides is 1. The van der Waals surface area contributed by atoms with Gasteiger partial charge in [-0.2, -0.15) is 0 Å². The van der Waals surface area contributed by atoms with Crippen LogP contribution in [0.15, 0.2) is 72.8 Å². The number of hydrogen-bond acceptors (Lipinski definition) is 11. The fourth-order valence-electron chi connectivity index (χ4n) is 5.10. The standard InChI is InChI=1S/C36H46N2O11/c39-36(49-28-35-33-8-3-1-6-31(33)32-7-2-4-9-34(32)35)37-14-5-15-42-16-17-43-18-19-44-20-21-45-22-23-46-24-25-47-26-27-48-30-12-10-29(11-13-30)38(40)41/h1-4,6-13,35H,5,14-28H2,(H,37,39). The molecule has 13 heteroatoms. The molecule has 0 aliphatic heterocycles. The molecule has 0 aromatic heterocycles. The van der Waals surface area contributed by atoms with Crippen molar-refractivity contribution < 1.29 is 47.6 Å². The smallest absolute Gasteiger partial charge is 0.407 e. The van der Waals surface area contributed by atoms with E-state index in [1.54, 1.807) is 12.1 Å². The summed E-state index contributed by atoms with van der Waals surface area (Å²) in [5, 5.41) is 13.4. The molecule has 1 amide bonds. The second kappa shape index (κ2) is 22.5. The largest absolute Gasteiger partial charge is 0.491 e. The summed E-state index contributed by atoms with van der Waals surface area (Å²) in [4.78, 5) is 22.4. The molecule has 0 bridgehead atoms. The van der Waals surface area contributed by atoms with E-state index in [-0.39, 0.29) is 11.6 Å². The van der Waals surface area contributed by atoms with Gasteiger partial charge in [0.2, 0.25) is 0 Å². The molecule has 0 saturated carbocycles. The Bertz CT molecular complexity index is 1340. The Morgan fingerprint density at radius 1 is 0.612 bits per heavy atom. The number of non-ortho nitro benzene ring substituents is 1. The van der Waals surface area contributed by atoms with Crippen LogP contribution in [-0.2, 0) is 33.2 Å². The summed E-state index contributed by atoms with van der Waals surface area (Å²) < 4.78 is 43.9. The van der Waals surface area contributed by atoms with Crippen LogP contribution < -0.4 is 10.1 Å². The molecule has 266 valence electrons. The second-order valence-corrected chi connectivity index (χ2v) is 10.9. The molecule has 0 unspecified atom stereocenters. The van der Waals surface area contributed by atoms with Crippen molar-refractivity contribution in [3.63, 3.8) is 0 Å². The fraction of sp³-hybridized carbons (Fsp3) is 0.472. The molecule has 49 heavy (non-hydrogen) atoms. The van der Waals surface area contributed by atoms with Crippen LogP contribution in [0.3, 0.4) is 0 Å². The molecule has 1 N–H and O–H groups in total. The molecule has 0 radical (unpaired) electrons. The number of carbonyl (C=O) groups excluding carboxylic acids is 1. The summed E-state index contributed by atoms with van der Waals surface area (Å²) in [5.74, 6) is 0.597. The van der Waals surface area contributed by atoms with Crippen LogP contribution >= 0.6 is 0 Å². The van der Waals surface area contributed by atoms with E-state index in [0.29, 0.717) is 111 Å². The lowest BCUT2D eigenvalue weighted by Gasteiger charge is -2.14. The zero-order valence-electron chi connectivity index (χ0n) is 27.8. The molecule has 0 spiro atoms. The van der Waals surface area contributed by atoms with E-state index in [1.807, 2.05) is 24.3 Å². The third-order valence-corrected chi connectivity index (χ3v) is 7.48. The van der Waals surface area contributed by atoms with Gasteiger partial charge in [-0.25, -0.2) is 4.79 Å². The number of nitro benzene ring substituents is 1. The first kappa shape index (κ1) is 37.7. The predicted octanol–water partition coefficient (Wildman–Crippen LogP) is 5.00. The van der Waals surface area contributed by atoms with E-state index in [9.17, 15) is 14.9 Å². The maximum absolute atomic E-state index is 12.2. The number of fused-ring (bicyclic) bond motifs is 3. The molecule has 0 saturated heterocycles. The summed E-state index contributed by atoms with van der Waals surface area (Å²) in [6.45, 7) is 6.59. The Balaban J connectivity index is 0.844. The van der Waals surface area contributed by atoms with E-state index in [4.69, 9.17) is 37.9 Å². The minimum absolute atomic E-state index is 0.0229. The Morgan fingerprint density at radius 2 is 1.06 bits per heavy atom. The molecule has 0 heterocycles. The maximum Gasteiger partial charge on any atom is 0.407 e. The molecular formula is C36H46N2O11. The van der Waals surface area contributed by atoms with Crippen LogP contribution in [0, 0.1) is 10.1 Å². The lowest BCUT2D eigenvalue weighted by molar-refractivity contribution is -0.384. The van der Waals surface area contributed by atoms with Crippen molar-refractivity contribution in [1.29, 1.82) is 0 Å². The lowest BCUT2D eigenvalue weighted by atomic mass is 9.98. The van der Waals surface area contributed by atoms with Gasteiger partial charge in [0, 0.05) is 31.2 Å². The van der Waals surface area contributed by atoms with Crippen molar-refractivity contribution in [1.82, 2.24) is 5.32 Å². The van der Waals surface area contributed by atoms with Crippen LogP contribution in [0.25, 0.3) is 11.1 Å². The van der Waals surface area contributed by atoms with Gasteiger partial charge in [0.25, 0.3) is 5.69 Å². The van der Waals surface area contributed by atoms with Gasteiger partial charge in [0.05, 0.1) is 77.6 Å². The summed E-state index contributed by atoms with van der Waals surface area (Å²) in [6, 6.07) is 22.4. The van der Waals surface area contributed by atoms with Crippen molar-refractivity contribution in [2.75, 3.05) is 99.0 Å². The van der Waals surface area contributed by atoms with Gasteiger partial charge in [-0.15, -0.1) is 0 Å². The van der Waals surface area contributed by atoms with Crippen LogP contribution in [0.2, 0.25) is 0 Å².